The zero-order chi connectivity index (χ0) is 11.9. The molecule has 0 aromatic carbocycles. The quantitative estimate of drug-likeness (QED) is 0.516. The van der Waals surface area contributed by atoms with Crippen molar-refractivity contribution < 1.29 is 29.4 Å². The summed E-state index contributed by atoms with van der Waals surface area (Å²) in [6.07, 6.45) is -1.34. The summed E-state index contributed by atoms with van der Waals surface area (Å²) in [6, 6.07) is 0. The average molecular weight is 207 g/mol. The monoisotopic (exact) mass is 207 g/mol. The highest BCUT2D eigenvalue weighted by Gasteiger charge is 2.11. The van der Waals surface area contributed by atoms with E-state index in [1.807, 2.05) is 21.1 Å². The van der Waals surface area contributed by atoms with Crippen molar-refractivity contribution in [3.05, 3.63) is 0 Å². The fourth-order valence-electron chi connectivity index (χ4n) is 0.406. The average Bonchev–Trinajstić information content (AvgIpc) is 1.81. The summed E-state index contributed by atoms with van der Waals surface area (Å²) in [5.74, 6) is -2.19. The van der Waals surface area contributed by atoms with Crippen LogP contribution in [-0.4, -0.2) is 60.4 Å². The number of aliphatic hydroxyl groups excluding tert-OH is 1. The summed E-state index contributed by atoms with van der Waals surface area (Å²) in [4.78, 5) is 19.3. The number of carbonyl (C=O) groups excluding carboxylic acids is 1. The molecular weight excluding hydrogens is 190 g/mol. The second-order valence-electron chi connectivity index (χ2n) is 3.84. The number of rotatable bonds is 3. The third-order valence-electron chi connectivity index (χ3n) is 0.951. The summed E-state index contributed by atoms with van der Waals surface area (Å²) in [5, 5.41) is 25.5. The number of hydrogen-bond acceptors (Lipinski definition) is 4. The minimum atomic E-state index is -1.44. The first-order valence-electron chi connectivity index (χ1n) is 3.97. The molecule has 14 heavy (non-hydrogen) atoms. The van der Waals surface area contributed by atoms with Crippen molar-refractivity contribution in [2.75, 3.05) is 27.7 Å². The van der Waals surface area contributed by atoms with Crippen molar-refractivity contribution in [3.8, 4) is 0 Å². The molecule has 1 unspecified atom stereocenters. The van der Waals surface area contributed by atoms with Crippen LogP contribution in [0.5, 0.6) is 0 Å². The first-order chi connectivity index (χ1) is 6.06. The minimum absolute atomic E-state index is 0.181. The Balaban J connectivity index is 0. The smallest absolute Gasteiger partial charge is 0.359 e. The largest absolute Gasteiger partial charge is 0.547 e. The first kappa shape index (κ1) is 15.3. The van der Waals surface area contributed by atoms with Gasteiger partial charge in [-0.2, -0.15) is 0 Å². The van der Waals surface area contributed by atoms with Crippen molar-refractivity contribution >= 4 is 11.9 Å². The number of likely N-dealkylation sites (N-methyl/N-ethyl adjacent to an activating group) is 1. The van der Waals surface area contributed by atoms with E-state index >= 15 is 0 Å². The highest BCUT2D eigenvalue weighted by molar-refractivity contribution is 5.68. The molecule has 6 nitrogen and oxygen atoms in total. The van der Waals surface area contributed by atoms with Crippen LogP contribution in [-0.2, 0) is 9.59 Å². The van der Waals surface area contributed by atoms with Crippen LogP contribution in [0, 0.1) is 0 Å². The van der Waals surface area contributed by atoms with Gasteiger partial charge in [0, 0.05) is 0 Å². The van der Waals surface area contributed by atoms with E-state index in [0.717, 1.165) is 6.92 Å². The van der Waals surface area contributed by atoms with E-state index < -0.39 is 18.0 Å². The Morgan fingerprint density at radius 1 is 1.36 bits per heavy atom. The SMILES string of the molecule is CC(O)C(=O)[O-].C[N+](C)(C)CC(=O)O. The van der Waals surface area contributed by atoms with Gasteiger partial charge in [0.25, 0.3) is 0 Å². The number of carbonyl (C=O) groups is 2. The Bertz CT molecular complexity index is 194. The Morgan fingerprint density at radius 2 is 1.64 bits per heavy atom. The van der Waals surface area contributed by atoms with Gasteiger partial charge in [-0.25, -0.2) is 4.79 Å². The molecule has 0 bridgehead atoms. The third kappa shape index (κ3) is 17.1. The second-order valence-corrected chi connectivity index (χ2v) is 3.84. The molecule has 0 heterocycles. The fraction of sp³-hybridized carbons (Fsp3) is 0.750. The lowest BCUT2D eigenvalue weighted by Gasteiger charge is -2.20. The predicted octanol–water partition coefficient (Wildman–Crippen LogP) is -2.11. The Morgan fingerprint density at radius 3 is 1.64 bits per heavy atom. The first-order valence-corrected chi connectivity index (χ1v) is 3.97. The maximum atomic E-state index is 10.00. The lowest BCUT2D eigenvalue weighted by atomic mass is 10.4. The molecule has 0 aromatic rings. The van der Waals surface area contributed by atoms with E-state index in [1.54, 1.807) is 0 Å². The van der Waals surface area contributed by atoms with Crippen LogP contribution in [0.3, 0.4) is 0 Å². The maximum absolute atomic E-state index is 10.00. The van der Waals surface area contributed by atoms with E-state index in [9.17, 15) is 14.7 Å². The number of carboxylic acids is 2. The minimum Gasteiger partial charge on any atom is -0.547 e. The van der Waals surface area contributed by atoms with Gasteiger partial charge in [0.1, 0.15) is 0 Å². The van der Waals surface area contributed by atoms with Gasteiger partial charge in [-0.1, -0.05) is 0 Å². The van der Waals surface area contributed by atoms with Gasteiger partial charge in [0.2, 0.25) is 0 Å². The van der Waals surface area contributed by atoms with E-state index in [0.29, 0.717) is 4.48 Å². The van der Waals surface area contributed by atoms with Crippen molar-refractivity contribution in [3.63, 3.8) is 0 Å². The predicted molar refractivity (Wildman–Crippen MR) is 47.2 cm³/mol. The number of carboxylic acid groups (broad SMARTS) is 2. The van der Waals surface area contributed by atoms with Crippen LogP contribution in [0.2, 0.25) is 0 Å². The molecule has 0 saturated heterocycles. The number of quaternary nitrogens is 1. The highest BCUT2D eigenvalue weighted by Crippen LogP contribution is 1.86. The summed E-state index contributed by atoms with van der Waals surface area (Å²) in [7, 11) is 5.52. The summed E-state index contributed by atoms with van der Waals surface area (Å²) < 4.78 is 0.481. The van der Waals surface area contributed by atoms with Gasteiger partial charge < -0.3 is 24.6 Å². The molecule has 6 heteroatoms. The molecule has 0 aromatic heterocycles. The van der Waals surface area contributed by atoms with Crippen LogP contribution in [0.4, 0.5) is 0 Å². The summed E-state index contributed by atoms with van der Waals surface area (Å²) in [5.41, 5.74) is 0. The lowest BCUT2D eigenvalue weighted by molar-refractivity contribution is -0.862. The Kier molecular flexibility index (Phi) is 6.94. The maximum Gasteiger partial charge on any atom is 0.359 e. The van der Waals surface area contributed by atoms with E-state index in [4.69, 9.17) is 10.2 Å². The summed E-state index contributed by atoms with van der Waals surface area (Å²) >= 11 is 0. The van der Waals surface area contributed by atoms with Crippen molar-refractivity contribution in [2.24, 2.45) is 0 Å². The van der Waals surface area contributed by atoms with Crippen LogP contribution < -0.4 is 5.11 Å². The van der Waals surface area contributed by atoms with Gasteiger partial charge in [-0.15, -0.1) is 0 Å². The van der Waals surface area contributed by atoms with Gasteiger partial charge in [0.15, 0.2) is 6.54 Å². The molecule has 1 atom stereocenters. The molecule has 0 aliphatic heterocycles. The Hall–Kier alpha value is -1.14. The zero-order valence-corrected chi connectivity index (χ0v) is 8.85. The Labute approximate surface area is 83.0 Å². The van der Waals surface area contributed by atoms with Crippen LogP contribution in [0.15, 0.2) is 0 Å². The van der Waals surface area contributed by atoms with E-state index in [1.165, 1.54) is 0 Å². The standard InChI is InChI=1S/C5H11NO2.C3H6O3/c1-6(2,3)4-5(7)8;1-2(4)3(5)6/h4H2,1-3H3;2,4H,1H3,(H,5,6). The molecule has 0 amide bonds. The zero-order valence-electron chi connectivity index (χ0n) is 8.85. The molecule has 2 N–H and O–H groups in total. The fourth-order valence-corrected chi connectivity index (χ4v) is 0.406. The van der Waals surface area contributed by atoms with Gasteiger partial charge in [0.05, 0.1) is 33.2 Å². The molecule has 0 saturated carbocycles. The molecule has 0 rings (SSSR count). The molecule has 0 aliphatic rings. The third-order valence-corrected chi connectivity index (χ3v) is 0.951. The van der Waals surface area contributed by atoms with Crippen LogP contribution in [0.1, 0.15) is 6.92 Å². The van der Waals surface area contributed by atoms with E-state index in [-0.39, 0.29) is 6.54 Å². The molecule has 0 aliphatic carbocycles. The van der Waals surface area contributed by atoms with Gasteiger partial charge >= 0.3 is 5.97 Å². The van der Waals surface area contributed by atoms with Crippen LogP contribution in [0.25, 0.3) is 0 Å². The topological polar surface area (TPSA) is 97.7 Å². The number of nitrogens with zero attached hydrogens (tertiary/aromatic N) is 1. The molecule has 84 valence electrons. The van der Waals surface area contributed by atoms with Crippen molar-refractivity contribution in [1.82, 2.24) is 0 Å². The lowest BCUT2D eigenvalue weighted by Crippen LogP contribution is -2.39. The molecular formula is C8H17NO5. The van der Waals surface area contributed by atoms with Gasteiger partial charge in [-0.05, 0) is 6.92 Å². The second kappa shape index (κ2) is 6.33. The molecule has 0 fully saturated rings. The van der Waals surface area contributed by atoms with E-state index in [2.05, 4.69) is 0 Å². The van der Waals surface area contributed by atoms with Crippen molar-refractivity contribution in [1.29, 1.82) is 0 Å². The number of aliphatic hydroxyl groups is 1. The van der Waals surface area contributed by atoms with Crippen LogP contribution >= 0.6 is 0 Å². The number of hydrogen-bond donors (Lipinski definition) is 2. The molecule has 0 spiro atoms. The normalized spacial score (nSPS) is 12.4. The van der Waals surface area contributed by atoms with Gasteiger partial charge in [-0.3, -0.25) is 0 Å². The molecule has 0 radical (unpaired) electrons. The highest BCUT2D eigenvalue weighted by atomic mass is 16.4. The summed E-state index contributed by atoms with van der Waals surface area (Å²) in [6.45, 7) is 1.31. The van der Waals surface area contributed by atoms with Crippen molar-refractivity contribution in [2.45, 2.75) is 13.0 Å². The number of aliphatic carboxylic acids is 2.